The summed E-state index contributed by atoms with van der Waals surface area (Å²) in [4.78, 5) is 3.20. The minimum absolute atomic E-state index is 0.528. The molecule has 12 heavy (non-hydrogen) atoms. The van der Waals surface area contributed by atoms with Gasteiger partial charge in [0, 0.05) is 13.1 Å². The van der Waals surface area contributed by atoms with Gasteiger partial charge in [0.25, 0.3) is 0 Å². The Morgan fingerprint density at radius 3 is 1.67 bits per heavy atom. The predicted molar refractivity (Wildman–Crippen MR) is 49.4 cm³/mol. The van der Waals surface area contributed by atoms with Gasteiger partial charge >= 0.3 is 0 Å². The molecule has 1 aliphatic rings. The van der Waals surface area contributed by atoms with Crippen LogP contribution in [0.15, 0.2) is 0 Å². The maximum absolute atomic E-state index is 9.48. The molecule has 0 saturated carbocycles. The standard InChI is InChI=1S/C7H14N2O2S/c1-3-8-5(10)6(11)9(4-2)7(8)12/h5-6,10-11H,3-4H2,1-2H3/t5-,6+. The van der Waals surface area contributed by atoms with Crippen LogP contribution in [0, 0.1) is 0 Å². The zero-order valence-electron chi connectivity index (χ0n) is 7.27. The van der Waals surface area contributed by atoms with E-state index in [0.29, 0.717) is 18.2 Å². The Labute approximate surface area is 77.4 Å². The Bertz CT molecular complexity index is 170. The Balaban J connectivity index is 2.78. The Hall–Kier alpha value is -0.390. The molecule has 0 radical (unpaired) electrons. The lowest BCUT2D eigenvalue weighted by molar-refractivity contribution is -0.0639. The molecule has 5 heteroatoms. The number of nitrogens with zero attached hydrogens (tertiary/aromatic N) is 2. The van der Waals surface area contributed by atoms with Crippen LogP contribution in [0.4, 0.5) is 0 Å². The van der Waals surface area contributed by atoms with Gasteiger partial charge in [0.15, 0.2) is 17.6 Å². The highest BCUT2D eigenvalue weighted by Gasteiger charge is 2.39. The van der Waals surface area contributed by atoms with Crippen molar-refractivity contribution in [1.82, 2.24) is 9.80 Å². The quantitative estimate of drug-likeness (QED) is 0.578. The molecule has 0 bridgehead atoms. The van der Waals surface area contributed by atoms with Gasteiger partial charge in [-0.1, -0.05) is 0 Å². The van der Waals surface area contributed by atoms with Gasteiger partial charge in [0.2, 0.25) is 0 Å². The monoisotopic (exact) mass is 190 g/mol. The molecular weight excluding hydrogens is 176 g/mol. The second-order valence-corrected chi connectivity index (χ2v) is 3.05. The molecule has 1 saturated heterocycles. The van der Waals surface area contributed by atoms with Crippen molar-refractivity contribution in [2.24, 2.45) is 0 Å². The van der Waals surface area contributed by atoms with E-state index in [4.69, 9.17) is 12.2 Å². The minimum atomic E-state index is -0.873. The maximum Gasteiger partial charge on any atom is 0.175 e. The van der Waals surface area contributed by atoms with Crippen LogP contribution in [0.1, 0.15) is 13.8 Å². The summed E-state index contributed by atoms with van der Waals surface area (Å²) < 4.78 is 0. The third kappa shape index (κ3) is 1.28. The fourth-order valence-electron chi connectivity index (χ4n) is 1.36. The third-order valence-corrected chi connectivity index (χ3v) is 2.55. The molecule has 2 N–H and O–H groups in total. The van der Waals surface area contributed by atoms with Crippen LogP contribution in [-0.4, -0.2) is 50.7 Å². The summed E-state index contributed by atoms with van der Waals surface area (Å²) in [5.74, 6) is 0. The first-order chi connectivity index (χ1) is 5.63. The van der Waals surface area contributed by atoms with Gasteiger partial charge in [-0.05, 0) is 26.1 Å². The van der Waals surface area contributed by atoms with E-state index >= 15 is 0 Å². The molecule has 4 nitrogen and oxygen atoms in total. The second kappa shape index (κ2) is 3.55. The fraction of sp³-hybridized carbons (Fsp3) is 0.857. The van der Waals surface area contributed by atoms with E-state index in [9.17, 15) is 10.2 Å². The van der Waals surface area contributed by atoms with Gasteiger partial charge in [-0.2, -0.15) is 0 Å². The van der Waals surface area contributed by atoms with Crippen LogP contribution >= 0.6 is 12.2 Å². The van der Waals surface area contributed by atoms with Crippen LogP contribution in [-0.2, 0) is 0 Å². The summed E-state index contributed by atoms with van der Waals surface area (Å²) in [6.45, 7) is 5.02. The van der Waals surface area contributed by atoms with Gasteiger partial charge in [0.05, 0.1) is 0 Å². The molecule has 0 unspecified atom stereocenters. The largest absolute Gasteiger partial charge is 0.369 e. The molecule has 0 aromatic heterocycles. The van der Waals surface area contributed by atoms with Gasteiger partial charge in [-0.3, -0.25) is 0 Å². The summed E-state index contributed by atoms with van der Waals surface area (Å²) in [5, 5.41) is 19.5. The Morgan fingerprint density at radius 2 is 1.50 bits per heavy atom. The van der Waals surface area contributed by atoms with Crippen LogP contribution < -0.4 is 0 Å². The van der Waals surface area contributed by atoms with E-state index in [1.54, 1.807) is 9.80 Å². The highest BCUT2D eigenvalue weighted by molar-refractivity contribution is 7.80. The second-order valence-electron chi connectivity index (χ2n) is 2.68. The summed E-state index contributed by atoms with van der Waals surface area (Å²) >= 11 is 5.05. The lowest BCUT2D eigenvalue weighted by Crippen LogP contribution is -2.36. The third-order valence-electron chi connectivity index (χ3n) is 2.08. The molecule has 1 fully saturated rings. The lowest BCUT2D eigenvalue weighted by Gasteiger charge is -2.19. The molecule has 1 aliphatic heterocycles. The number of aliphatic hydroxyl groups is 2. The molecular formula is C7H14N2O2S. The van der Waals surface area contributed by atoms with Crippen molar-refractivity contribution in [1.29, 1.82) is 0 Å². The van der Waals surface area contributed by atoms with Crippen molar-refractivity contribution >= 4 is 17.3 Å². The zero-order valence-corrected chi connectivity index (χ0v) is 8.08. The Kier molecular flexibility index (Phi) is 2.87. The van der Waals surface area contributed by atoms with Crippen molar-refractivity contribution in [2.75, 3.05) is 13.1 Å². The first kappa shape index (κ1) is 9.70. The molecule has 0 aromatic rings. The number of aliphatic hydroxyl groups excluding tert-OH is 2. The van der Waals surface area contributed by atoms with Crippen LogP contribution in [0.2, 0.25) is 0 Å². The number of hydrogen-bond acceptors (Lipinski definition) is 3. The average Bonchev–Trinajstić information content (AvgIpc) is 2.25. The summed E-state index contributed by atoms with van der Waals surface area (Å²) in [7, 11) is 0. The van der Waals surface area contributed by atoms with Crippen molar-refractivity contribution in [2.45, 2.75) is 26.3 Å². The fourth-order valence-corrected chi connectivity index (χ4v) is 1.83. The number of likely N-dealkylation sites (N-methyl/N-ethyl adjacent to an activating group) is 2. The van der Waals surface area contributed by atoms with E-state index in [-0.39, 0.29) is 0 Å². The molecule has 1 heterocycles. The normalized spacial score (nSPS) is 30.2. The van der Waals surface area contributed by atoms with E-state index in [1.807, 2.05) is 13.8 Å². The summed E-state index contributed by atoms with van der Waals surface area (Å²) in [6, 6.07) is 0. The van der Waals surface area contributed by atoms with Gasteiger partial charge in [0.1, 0.15) is 0 Å². The zero-order chi connectivity index (χ0) is 9.30. The number of rotatable bonds is 2. The van der Waals surface area contributed by atoms with E-state index in [2.05, 4.69) is 0 Å². The topological polar surface area (TPSA) is 46.9 Å². The summed E-state index contributed by atoms with van der Waals surface area (Å²) in [6.07, 6.45) is -1.75. The highest BCUT2D eigenvalue weighted by Crippen LogP contribution is 2.18. The minimum Gasteiger partial charge on any atom is -0.369 e. The Morgan fingerprint density at radius 1 is 1.17 bits per heavy atom. The highest BCUT2D eigenvalue weighted by atomic mass is 32.1. The molecule has 1 rings (SSSR count). The molecule has 0 aliphatic carbocycles. The van der Waals surface area contributed by atoms with Crippen molar-refractivity contribution in [3.05, 3.63) is 0 Å². The number of thiocarbonyl (C=S) groups is 1. The molecule has 0 amide bonds. The SMILES string of the molecule is CCN1C(=S)N(CC)[C@@H](O)[C@H]1O. The predicted octanol–water partition coefficient (Wildman–Crippen LogP) is -0.434. The number of hydrogen-bond donors (Lipinski definition) is 2. The van der Waals surface area contributed by atoms with Crippen LogP contribution in [0.25, 0.3) is 0 Å². The van der Waals surface area contributed by atoms with E-state index < -0.39 is 12.5 Å². The molecule has 0 spiro atoms. The van der Waals surface area contributed by atoms with Crippen molar-refractivity contribution in [3.8, 4) is 0 Å². The van der Waals surface area contributed by atoms with Crippen LogP contribution in [0.3, 0.4) is 0 Å². The van der Waals surface area contributed by atoms with E-state index in [0.717, 1.165) is 0 Å². The lowest BCUT2D eigenvalue weighted by atomic mass is 10.4. The molecule has 70 valence electrons. The van der Waals surface area contributed by atoms with Crippen molar-refractivity contribution in [3.63, 3.8) is 0 Å². The van der Waals surface area contributed by atoms with Gasteiger partial charge in [-0.15, -0.1) is 0 Å². The smallest absolute Gasteiger partial charge is 0.175 e. The summed E-state index contributed by atoms with van der Waals surface area (Å²) in [5.41, 5.74) is 0. The first-order valence-corrected chi connectivity index (χ1v) is 4.47. The van der Waals surface area contributed by atoms with Gasteiger partial charge < -0.3 is 20.0 Å². The van der Waals surface area contributed by atoms with Gasteiger partial charge in [-0.25, -0.2) is 0 Å². The molecule has 0 aromatic carbocycles. The van der Waals surface area contributed by atoms with Crippen molar-refractivity contribution < 1.29 is 10.2 Å². The average molecular weight is 190 g/mol. The first-order valence-electron chi connectivity index (χ1n) is 4.06. The van der Waals surface area contributed by atoms with E-state index in [1.165, 1.54) is 0 Å². The maximum atomic E-state index is 9.48. The molecule has 2 atom stereocenters. The van der Waals surface area contributed by atoms with Crippen LogP contribution in [0.5, 0.6) is 0 Å².